The number of carbonyl (C=O) groups is 1. The van der Waals surface area contributed by atoms with Crippen LogP contribution in [0.1, 0.15) is 58.8 Å². The highest BCUT2D eigenvalue weighted by atomic mass is 16.4. The van der Waals surface area contributed by atoms with E-state index in [2.05, 4.69) is 47.0 Å². The molecule has 0 amide bonds. The van der Waals surface area contributed by atoms with Crippen LogP contribution >= 0.6 is 0 Å². The van der Waals surface area contributed by atoms with Crippen molar-refractivity contribution in [3.8, 4) is 0 Å². The van der Waals surface area contributed by atoms with Gasteiger partial charge >= 0.3 is 5.97 Å². The van der Waals surface area contributed by atoms with Crippen LogP contribution in [0, 0.1) is 29.6 Å². The van der Waals surface area contributed by atoms with Crippen molar-refractivity contribution in [3.05, 3.63) is 59.9 Å². The van der Waals surface area contributed by atoms with E-state index in [1.54, 1.807) is 6.08 Å². The first kappa shape index (κ1) is 27.2. The number of unbranched alkanes of at least 4 members (excludes halogenated alkanes) is 2. The average Bonchev–Trinajstić information content (AvgIpc) is 3.34. The Kier molecular flexibility index (Phi) is 9.30. The van der Waals surface area contributed by atoms with E-state index in [1.165, 1.54) is 6.42 Å². The molecule has 3 aliphatic carbocycles. The normalized spacial score (nSPS) is 34.8. The number of carboxylic acids is 1. The Bertz CT molecular complexity index is 995. The molecule has 2 fully saturated rings. The fourth-order valence-electron chi connectivity index (χ4n) is 7.00. The molecule has 0 saturated heterocycles. The van der Waals surface area contributed by atoms with Crippen molar-refractivity contribution in [2.75, 3.05) is 6.54 Å². The molecule has 1 heterocycles. The highest BCUT2D eigenvalue weighted by molar-refractivity contribution is 5.86. The molecule has 4 aliphatic rings. The topological polar surface area (TPSA) is 120 Å². The van der Waals surface area contributed by atoms with Gasteiger partial charge in [-0.2, -0.15) is 0 Å². The number of nitrogens with two attached hydrogens (primary N) is 1. The smallest absolute Gasteiger partial charge is 0.330 e. The van der Waals surface area contributed by atoms with Crippen LogP contribution in [0.15, 0.2) is 64.9 Å². The Morgan fingerprint density at radius 1 is 1.32 bits per heavy atom. The molecular formula is C30H44N4O3. The van der Waals surface area contributed by atoms with Crippen LogP contribution in [0.4, 0.5) is 0 Å². The number of nitrogens with zero attached hydrogens (tertiary/aromatic N) is 1. The average molecular weight is 509 g/mol. The summed E-state index contributed by atoms with van der Waals surface area (Å²) in [5.41, 5.74) is 8.06. The van der Waals surface area contributed by atoms with E-state index in [0.29, 0.717) is 29.6 Å². The van der Waals surface area contributed by atoms with Gasteiger partial charge in [-0.25, -0.2) is 9.79 Å². The molecule has 0 aromatic carbocycles. The molecule has 37 heavy (non-hydrogen) atoms. The van der Waals surface area contributed by atoms with Crippen LogP contribution < -0.4 is 16.4 Å². The van der Waals surface area contributed by atoms with Crippen molar-refractivity contribution >= 4 is 11.9 Å². The lowest BCUT2D eigenvalue weighted by Gasteiger charge is -2.54. The lowest BCUT2D eigenvalue weighted by molar-refractivity contribution is -0.137. The SMILES string of the molecule is C/C=C/C(=C\C(NC(N)=NC/C=C1\C(O)CC2C3C=CCC3CC3C=CNC1C32)C(=O)O)CCCCC. The van der Waals surface area contributed by atoms with E-state index in [4.69, 9.17) is 5.73 Å². The largest absolute Gasteiger partial charge is 0.479 e. The molecule has 7 heteroatoms. The molecule has 0 aromatic heterocycles. The van der Waals surface area contributed by atoms with Gasteiger partial charge in [0, 0.05) is 0 Å². The number of fused-ring (bicyclic) bond motifs is 2. The summed E-state index contributed by atoms with van der Waals surface area (Å²) in [6, 6.07) is -0.852. The molecular weight excluding hydrogens is 464 g/mol. The van der Waals surface area contributed by atoms with E-state index in [0.717, 1.165) is 49.7 Å². The zero-order valence-electron chi connectivity index (χ0n) is 22.2. The van der Waals surface area contributed by atoms with Crippen molar-refractivity contribution in [2.45, 2.75) is 77.0 Å². The summed E-state index contributed by atoms with van der Waals surface area (Å²) in [7, 11) is 0. The Labute approximate surface area is 221 Å². The maximum atomic E-state index is 11.9. The number of aliphatic hydroxyl groups excluding tert-OH is 1. The third-order valence-corrected chi connectivity index (χ3v) is 8.63. The van der Waals surface area contributed by atoms with Crippen molar-refractivity contribution in [1.29, 1.82) is 0 Å². The number of hydrogen-bond donors (Lipinski definition) is 5. The lowest BCUT2D eigenvalue weighted by Crippen LogP contribution is -2.56. The second-order valence-corrected chi connectivity index (χ2v) is 11.0. The standard InChI is InChI=1S/C30H44N4O3/c1-3-5-6-9-19(8-4-2)16-25(29(36)37)34-30(31)33-15-13-23-26(35)18-24-22-11-7-10-20(22)17-21-12-14-32-28(23)27(21)24/h4,7-8,11-14,16,20-22,24-28,32,35H,3,5-6,9-10,15,17-18H2,1-2H3,(H,36,37)(H3,31,33,34)/b8-4+,19-16+,23-13+. The summed E-state index contributed by atoms with van der Waals surface area (Å²) in [6.07, 6.45) is 23.4. The van der Waals surface area contributed by atoms with Crippen molar-refractivity contribution in [1.82, 2.24) is 10.6 Å². The Morgan fingerprint density at radius 3 is 2.92 bits per heavy atom. The first-order chi connectivity index (χ1) is 17.9. The fourth-order valence-corrected chi connectivity index (χ4v) is 7.00. The summed E-state index contributed by atoms with van der Waals surface area (Å²) < 4.78 is 0. The summed E-state index contributed by atoms with van der Waals surface area (Å²) >= 11 is 0. The van der Waals surface area contributed by atoms with Crippen LogP contribution in [0.25, 0.3) is 0 Å². The Balaban J connectivity index is 1.43. The molecule has 0 radical (unpaired) electrons. The minimum Gasteiger partial charge on any atom is -0.479 e. The van der Waals surface area contributed by atoms with Gasteiger partial charge < -0.3 is 26.6 Å². The number of carboxylic acid groups (broad SMARTS) is 1. The molecule has 7 nitrogen and oxygen atoms in total. The molecule has 6 N–H and O–H groups in total. The number of nitrogens with one attached hydrogen (secondary N) is 2. The molecule has 8 unspecified atom stereocenters. The third-order valence-electron chi connectivity index (χ3n) is 8.63. The maximum Gasteiger partial charge on any atom is 0.330 e. The van der Waals surface area contributed by atoms with Crippen LogP contribution in [-0.4, -0.2) is 46.9 Å². The molecule has 1 aliphatic heterocycles. The summed E-state index contributed by atoms with van der Waals surface area (Å²) in [5, 5.41) is 27.2. The van der Waals surface area contributed by atoms with Crippen LogP contribution in [0.5, 0.6) is 0 Å². The molecule has 4 rings (SSSR count). The van der Waals surface area contributed by atoms with Gasteiger partial charge in [-0.05, 0) is 92.0 Å². The zero-order valence-corrected chi connectivity index (χ0v) is 22.2. The molecule has 0 aromatic rings. The number of aliphatic carboxylic acids is 1. The fraction of sp³-hybridized carbons (Fsp3) is 0.600. The van der Waals surface area contributed by atoms with Gasteiger partial charge in [0.1, 0.15) is 6.04 Å². The van der Waals surface area contributed by atoms with Gasteiger partial charge in [0.05, 0.1) is 18.7 Å². The van der Waals surface area contributed by atoms with E-state index < -0.39 is 18.1 Å². The minimum atomic E-state index is -0.997. The van der Waals surface area contributed by atoms with Crippen LogP contribution in [-0.2, 0) is 4.79 Å². The predicted molar refractivity (Wildman–Crippen MR) is 149 cm³/mol. The third kappa shape index (κ3) is 6.38. The van der Waals surface area contributed by atoms with E-state index in [9.17, 15) is 15.0 Å². The Morgan fingerprint density at radius 2 is 2.16 bits per heavy atom. The number of aliphatic hydroxyl groups is 1. The maximum absolute atomic E-state index is 11.9. The Hall–Kier alpha value is -2.80. The van der Waals surface area contributed by atoms with Gasteiger partial charge in [0.15, 0.2) is 5.96 Å². The number of aliphatic imine (C=N–C) groups is 1. The predicted octanol–water partition coefficient (Wildman–Crippen LogP) is 4.05. The van der Waals surface area contributed by atoms with E-state index in [1.807, 2.05) is 25.2 Å². The van der Waals surface area contributed by atoms with Crippen molar-refractivity contribution in [3.63, 3.8) is 0 Å². The summed E-state index contributed by atoms with van der Waals surface area (Å²) in [4.78, 5) is 16.3. The number of rotatable bonds is 10. The second-order valence-electron chi connectivity index (χ2n) is 11.0. The zero-order chi connectivity index (χ0) is 26.4. The summed E-state index contributed by atoms with van der Waals surface area (Å²) in [5.74, 6) is 1.86. The van der Waals surface area contributed by atoms with Crippen molar-refractivity contribution < 1.29 is 15.0 Å². The highest BCUT2D eigenvalue weighted by Gasteiger charge is 2.52. The second kappa shape index (κ2) is 12.6. The van der Waals surface area contributed by atoms with Crippen molar-refractivity contribution in [2.24, 2.45) is 40.3 Å². The lowest BCUT2D eigenvalue weighted by atomic mass is 9.54. The van der Waals surface area contributed by atoms with Gasteiger partial charge in [0.2, 0.25) is 0 Å². The van der Waals surface area contributed by atoms with Gasteiger partial charge in [0.25, 0.3) is 0 Å². The first-order valence-electron chi connectivity index (χ1n) is 14.0. The molecule has 0 spiro atoms. The van der Waals surface area contributed by atoms with Crippen LogP contribution in [0.2, 0.25) is 0 Å². The molecule has 202 valence electrons. The number of allylic oxidation sites excluding steroid dienone is 6. The van der Waals surface area contributed by atoms with Gasteiger partial charge in [-0.15, -0.1) is 0 Å². The van der Waals surface area contributed by atoms with E-state index >= 15 is 0 Å². The minimum absolute atomic E-state index is 0.0861. The number of guanidine groups is 1. The summed E-state index contributed by atoms with van der Waals surface area (Å²) in [6.45, 7) is 4.36. The quantitative estimate of drug-likeness (QED) is 0.0999. The van der Waals surface area contributed by atoms with Gasteiger partial charge in [-0.1, -0.05) is 56.2 Å². The molecule has 0 bridgehead atoms. The van der Waals surface area contributed by atoms with Gasteiger partial charge in [-0.3, -0.25) is 0 Å². The highest BCUT2D eigenvalue weighted by Crippen LogP contribution is 2.54. The first-order valence-corrected chi connectivity index (χ1v) is 14.0. The molecule has 2 saturated carbocycles. The monoisotopic (exact) mass is 508 g/mol. The van der Waals surface area contributed by atoms with E-state index in [-0.39, 0.29) is 18.5 Å². The molecule has 8 atom stereocenters. The van der Waals surface area contributed by atoms with Crippen LogP contribution in [0.3, 0.4) is 0 Å². The number of hydrogen-bond acceptors (Lipinski definition) is 4.